The van der Waals surface area contributed by atoms with Gasteiger partial charge in [-0.15, -0.1) is 0 Å². The second-order valence-corrected chi connectivity index (χ2v) is 5.96. The Kier molecular flexibility index (Phi) is 4.79. The summed E-state index contributed by atoms with van der Waals surface area (Å²) in [5, 5.41) is 3.48. The van der Waals surface area contributed by atoms with E-state index >= 15 is 0 Å². The van der Waals surface area contributed by atoms with E-state index in [0.717, 1.165) is 32.0 Å². The lowest BCUT2D eigenvalue weighted by Gasteiger charge is -2.33. The molecule has 1 aliphatic rings. The zero-order valence-electron chi connectivity index (χ0n) is 11.9. The number of hydrogen-bond acceptors (Lipinski definition) is 2. The molecule has 0 radical (unpaired) electrons. The molecule has 1 atom stereocenters. The standard InChI is InChI=1S/C16H26N2/c1-13(2)10-14-4-6-15(7-5-14)11-16-12-17-8-9-18(16)3/h4-7,13,16-17H,8-12H2,1-3H3. The van der Waals surface area contributed by atoms with Gasteiger partial charge in [0.1, 0.15) is 0 Å². The van der Waals surface area contributed by atoms with E-state index in [1.807, 2.05) is 0 Å². The van der Waals surface area contributed by atoms with E-state index in [1.165, 1.54) is 17.5 Å². The fourth-order valence-electron chi connectivity index (χ4n) is 2.65. The highest BCUT2D eigenvalue weighted by atomic mass is 15.2. The molecule has 1 fully saturated rings. The highest BCUT2D eigenvalue weighted by Crippen LogP contribution is 2.13. The molecule has 0 saturated carbocycles. The van der Waals surface area contributed by atoms with Crippen molar-refractivity contribution in [2.75, 3.05) is 26.7 Å². The van der Waals surface area contributed by atoms with Crippen molar-refractivity contribution in [3.05, 3.63) is 35.4 Å². The minimum absolute atomic E-state index is 0.648. The summed E-state index contributed by atoms with van der Waals surface area (Å²) in [7, 11) is 2.23. The highest BCUT2D eigenvalue weighted by Gasteiger charge is 2.18. The molecule has 0 aromatic heterocycles. The summed E-state index contributed by atoms with van der Waals surface area (Å²) in [6.45, 7) is 7.95. The molecule has 1 N–H and O–H groups in total. The van der Waals surface area contributed by atoms with Crippen LogP contribution >= 0.6 is 0 Å². The molecule has 18 heavy (non-hydrogen) atoms. The fraction of sp³-hybridized carbons (Fsp3) is 0.625. The third-order valence-corrected chi connectivity index (χ3v) is 3.78. The lowest BCUT2D eigenvalue weighted by Crippen LogP contribution is -2.50. The van der Waals surface area contributed by atoms with E-state index in [-0.39, 0.29) is 0 Å². The zero-order valence-corrected chi connectivity index (χ0v) is 11.9. The molecule has 0 amide bonds. The van der Waals surface area contributed by atoms with Crippen LogP contribution in [0.25, 0.3) is 0 Å². The van der Waals surface area contributed by atoms with E-state index in [2.05, 4.69) is 55.4 Å². The number of likely N-dealkylation sites (N-methyl/N-ethyl adjacent to an activating group) is 1. The van der Waals surface area contributed by atoms with Crippen molar-refractivity contribution in [3.8, 4) is 0 Å². The van der Waals surface area contributed by atoms with Crippen molar-refractivity contribution in [2.45, 2.75) is 32.7 Å². The van der Waals surface area contributed by atoms with Crippen LogP contribution in [0.4, 0.5) is 0 Å². The summed E-state index contributed by atoms with van der Waals surface area (Å²) < 4.78 is 0. The molecule has 0 bridgehead atoms. The van der Waals surface area contributed by atoms with Crippen LogP contribution in [0.5, 0.6) is 0 Å². The minimum Gasteiger partial charge on any atom is -0.314 e. The van der Waals surface area contributed by atoms with Gasteiger partial charge in [-0.25, -0.2) is 0 Å². The summed E-state index contributed by atoms with van der Waals surface area (Å²) >= 11 is 0. The van der Waals surface area contributed by atoms with Gasteiger partial charge in [-0.05, 0) is 36.9 Å². The molecule has 1 aromatic rings. The lowest BCUT2D eigenvalue weighted by molar-refractivity contribution is 0.199. The van der Waals surface area contributed by atoms with Gasteiger partial charge < -0.3 is 10.2 Å². The molecule has 0 aliphatic carbocycles. The fourth-order valence-corrected chi connectivity index (χ4v) is 2.65. The number of nitrogens with zero attached hydrogens (tertiary/aromatic N) is 1. The molecule has 0 spiro atoms. The topological polar surface area (TPSA) is 15.3 Å². The quantitative estimate of drug-likeness (QED) is 0.877. The second-order valence-electron chi connectivity index (χ2n) is 5.96. The molecular formula is C16H26N2. The smallest absolute Gasteiger partial charge is 0.0258 e. The molecule has 1 saturated heterocycles. The maximum atomic E-state index is 3.48. The van der Waals surface area contributed by atoms with Gasteiger partial charge in [-0.3, -0.25) is 0 Å². The summed E-state index contributed by atoms with van der Waals surface area (Å²) in [6, 6.07) is 9.85. The van der Waals surface area contributed by atoms with E-state index in [4.69, 9.17) is 0 Å². The SMILES string of the molecule is CC(C)Cc1ccc(CC2CNCCN2C)cc1. The molecule has 1 aromatic carbocycles. The Hall–Kier alpha value is -0.860. The molecular weight excluding hydrogens is 220 g/mol. The first-order chi connectivity index (χ1) is 8.65. The Bertz CT molecular complexity index is 356. The third kappa shape index (κ3) is 3.82. The molecule has 2 nitrogen and oxygen atoms in total. The van der Waals surface area contributed by atoms with E-state index < -0.39 is 0 Å². The van der Waals surface area contributed by atoms with Crippen molar-refractivity contribution < 1.29 is 0 Å². The van der Waals surface area contributed by atoms with Crippen LogP contribution in [0.2, 0.25) is 0 Å². The first kappa shape index (κ1) is 13.6. The zero-order chi connectivity index (χ0) is 13.0. The van der Waals surface area contributed by atoms with Crippen LogP contribution in [-0.2, 0) is 12.8 Å². The summed E-state index contributed by atoms with van der Waals surface area (Å²) in [5.41, 5.74) is 2.92. The van der Waals surface area contributed by atoms with Gasteiger partial charge in [0.2, 0.25) is 0 Å². The van der Waals surface area contributed by atoms with Crippen molar-refractivity contribution in [1.82, 2.24) is 10.2 Å². The number of rotatable bonds is 4. The van der Waals surface area contributed by atoms with Gasteiger partial charge in [0.25, 0.3) is 0 Å². The Morgan fingerprint density at radius 2 is 1.89 bits per heavy atom. The molecule has 2 rings (SSSR count). The monoisotopic (exact) mass is 246 g/mol. The van der Waals surface area contributed by atoms with Crippen molar-refractivity contribution in [2.24, 2.45) is 5.92 Å². The van der Waals surface area contributed by atoms with E-state index in [0.29, 0.717) is 6.04 Å². The predicted molar refractivity (Wildman–Crippen MR) is 78.0 cm³/mol. The second kappa shape index (κ2) is 6.35. The van der Waals surface area contributed by atoms with Crippen LogP contribution < -0.4 is 5.32 Å². The Labute approximate surface area is 111 Å². The average Bonchev–Trinajstić information content (AvgIpc) is 2.34. The summed E-state index contributed by atoms with van der Waals surface area (Å²) in [6.07, 6.45) is 2.34. The van der Waals surface area contributed by atoms with Crippen LogP contribution in [0, 0.1) is 5.92 Å². The van der Waals surface area contributed by atoms with Gasteiger partial charge in [-0.2, -0.15) is 0 Å². The molecule has 1 aliphatic heterocycles. The Balaban J connectivity index is 1.93. The summed E-state index contributed by atoms with van der Waals surface area (Å²) in [4.78, 5) is 2.47. The first-order valence-electron chi connectivity index (χ1n) is 7.14. The predicted octanol–water partition coefficient (Wildman–Crippen LogP) is 2.33. The summed E-state index contributed by atoms with van der Waals surface area (Å²) in [5.74, 6) is 0.740. The van der Waals surface area contributed by atoms with Crippen molar-refractivity contribution >= 4 is 0 Å². The lowest BCUT2D eigenvalue weighted by atomic mass is 9.98. The highest BCUT2D eigenvalue weighted by molar-refractivity contribution is 5.23. The maximum absolute atomic E-state index is 3.48. The van der Waals surface area contributed by atoms with Crippen molar-refractivity contribution in [1.29, 1.82) is 0 Å². The van der Waals surface area contributed by atoms with E-state index in [1.54, 1.807) is 0 Å². The number of benzene rings is 1. The van der Waals surface area contributed by atoms with Gasteiger partial charge in [-0.1, -0.05) is 38.1 Å². The Morgan fingerprint density at radius 1 is 1.22 bits per heavy atom. The van der Waals surface area contributed by atoms with Crippen LogP contribution in [0.1, 0.15) is 25.0 Å². The number of hydrogen-bond donors (Lipinski definition) is 1. The van der Waals surface area contributed by atoms with Gasteiger partial charge in [0.05, 0.1) is 0 Å². The number of nitrogens with one attached hydrogen (secondary N) is 1. The van der Waals surface area contributed by atoms with Gasteiger partial charge in [0.15, 0.2) is 0 Å². The maximum Gasteiger partial charge on any atom is 0.0258 e. The van der Waals surface area contributed by atoms with Crippen molar-refractivity contribution in [3.63, 3.8) is 0 Å². The Morgan fingerprint density at radius 3 is 2.50 bits per heavy atom. The first-order valence-corrected chi connectivity index (χ1v) is 7.14. The third-order valence-electron chi connectivity index (χ3n) is 3.78. The molecule has 100 valence electrons. The van der Waals surface area contributed by atoms with E-state index in [9.17, 15) is 0 Å². The number of piperazine rings is 1. The van der Waals surface area contributed by atoms with Crippen LogP contribution in [0.15, 0.2) is 24.3 Å². The van der Waals surface area contributed by atoms with Gasteiger partial charge in [0, 0.05) is 25.7 Å². The molecule has 2 heteroatoms. The van der Waals surface area contributed by atoms with Gasteiger partial charge >= 0.3 is 0 Å². The normalized spacial score (nSPS) is 21.4. The molecule has 1 unspecified atom stereocenters. The molecule has 1 heterocycles. The van der Waals surface area contributed by atoms with Crippen LogP contribution in [-0.4, -0.2) is 37.6 Å². The average molecular weight is 246 g/mol. The van der Waals surface area contributed by atoms with Crippen LogP contribution in [0.3, 0.4) is 0 Å². The largest absolute Gasteiger partial charge is 0.314 e. The minimum atomic E-state index is 0.648.